The second-order valence-electron chi connectivity index (χ2n) is 9.81. The average molecular weight is 528 g/mol. The van der Waals surface area contributed by atoms with Crippen LogP contribution in [-0.4, -0.2) is 40.2 Å². The third kappa shape index (κ3) is 4.06. The minimum atomic E-state index is -0.125. The van der Waals surface area contributed by atoms with E-state index in [1.165, 1.54) is 5.56 Å². The van der Waals surface area contributed by atoms with Gasteiger partial charge >= 0.3 is 0 Å². The number of carbonyl (C=O) groups is 1. The van der Waals surface area contributed by atoms with Gasteiger partial charge in [0.1, 0.15) is 11.3 Å². The van der Waals surface area contributed by atoms with Gasteiger partial charge in [-0.15, -0.1) is 0 Å². The molecule has 7 rings (SSSR count). The Hall–Kier alpha value is -5.38. The highest BCUT2D eigenvalue weighted by Gasteiger charge is 2.26. The van der Waals surface area contributed by atoms with Crippen molar-refractivity contribution in [2.24, 2.45) is 0 Å². The molecule has 0 unspecified atom stereocenters. The normalized spacial score (nSPS) is 14.4. The zero-order valence-corrected chi connectivity index (χ0v) is 21.7. The summed E-state index contributed by atoms with van der Waals surface area (Å²) in [4.78, 5) is 31.3. The molecule has 1 aromatic carbocycles. The largest absolute Gasteiger partial charge is 0.383 e. The van der Waals surface area contributed by atoms with Crippen molar-refractivity contribution in [1.82, 2.24) is 39.6 Å². The molecule has 1 atom stereocenters. The van der Waals surface area contributed by atoms with Crippen LogP contribution in [0, 0.1) is 6.92 Å². The first-order valence-corrected chi connectivity index (χ1v) is 13.0. The Balaban J connectivity index is 1.31. The van der Waals surface area contributed by atoms with Crippen LogP contribution in [-0.2, 0) is 6.42 Å². The summed E-state index contributed by atoms with van der Waals surface area (Å²) < 4.78 is 3.73. The SMILES string of the molecule is Cc1ccc(C(=O)N[C@H]2CCc3cc(-n4c(-c5cccnc5N)nc5ccc(-n6cccn6)nc54)ccc32)cn1. The molecule has 3 N–H and O–H groups in total. The second-order valence-corrected chi connectivity index (χ2v) is 9.81. The first-order chi connectivity index (χ1) is 19.5. The molecule has 1 aliphatic rings. The number of rotatable bonds is 5. The minimum absolute atomic E-state index is 0.0737. The summed E-state index contributed by atoms with van der Waals surface area (Å²) in [5, 5.41) is 7.51. The monoisotopic (exact) mass is 527 g/mol. The Morgan fingerprint density at radius 3 is 2.75 bits per heavy atom. The van der Waals surface area contributed by atoms with Gasteiger partial charge in [-0.05, 0) is 85.5 Å². The molecule has 0 spiro atoms. The van der Waals surface area contributed by atoms with Crippen LogP contribution in [0.5, 0.6) is 0 Å². The zero-order chi connectivity index (χ0) is 27.2. The van der Waals surface area contributed by atoms with Crippen molar-refractivity contribution in [2.75, 3.05) is 5.73 Å². The highest BCUT2D eigenvalue weighted by molar-refractivity contribution is 5.94. The summed E-state index contributed by atoms with van der Waals surface area (Å²) in [5.41, 5.74) is 13.0. The van der Waals surface area contributed by atoms with Crippen molar-refractivity contribution >= 4 is 22.9 Å². The number of nitrogens with one attached hydrogen (secondary N) is 1. The van der Waals surface area contributed by atoms with Crippen molar-refractivity contribution in [3.63, 3.8) is 0 Å². The van der Waals surface area contributed by atoms with Crippen LogP contribution < -0.4 is 11.1 Å². The summed E-state index contributed by atoms with van der Waals surface area (Å²) in [6.07, 6.45) is 8.50. The molecular weight excluding hydrogens is 502 g/mol. The standard InChI is InChI=1S/C30H25N9O/c1-18-5-6-20(17-33-18)30(40)36-24-10-7-19-16-21(8-9-22(19)24)39-28(23-4-2-13-32-27(23)31)35-25-11-12-26(37-29(25)39)38-15-3-14-34-38/h2-6,8-9,11-17,24H,7,10H2,1H3,(H2,31,32)(H,36,40)/t24-/m0/s1. The van der Waals surface area contributed by atoms with Crippen LogP contribution in [0.1, 0.15) is 39.6 Å². The van der Waals surface area contributed by atoms with Crippen LogP contribution >= 0.6 is 0 Å². The van der Waals surface area contributed by atoms with Gasteiger partial charge in [0.25, 0.3) is 5.91 Å². The summed E-state index contributed by atoms with van der Waals surface area (Å²) in [7, 11) is 0. The third-order valence-electron chi connectivity index (χ3n) is 7.25. The number of hydrogen-bond donors (Lipinski definition) is 2. The fourth-order valence-corrected chi connectivity index (χ4v) is 5.25. The number of benzene rings is 1. The topological polar surface area (TPSA) is 129 Å². The number of anilines is 1. The maximum absolute atomic E-state index is 12.9. The lowest BCUT2D eigenvalue weighted by Crippen LogP contribution is -2.27. The Labute approximate surface area is 229 Å². The molecule has 196 valence electrons. The van der Waals surface area contributed by atoms with E-state index in [0.29, 0.717) is 28.7 Å². The van der Waals surface area contributed by atoms with E-state index in [0.717, 1.165) is 40.9 Å². The number of nitrogens with two attached hydrogens (primary N) is 1. The molecule has 1 amide bonds. The number of aryl methyl sites for hydroxylation is 2. The van der Waals surface area contributed by atoms with Gasteiger partial charge in [-0.2, -0.15) is 5.10 Å². The lowest BCUT2D eigenvalue weighted by molar-refractivity contribution is 0.0936. The molecule has 1 aliphatic carbocycles. The summed E-state index contributed by atoms with van der Waals surface area (Å²) in [5.74, 6) is 1.60. The molecule has 10 nitrogen and oxygen atoms in total. The molecule has 0 saturated heterocycles. The van der Waals surface area contributed by atoms with E-state index >= 15 is 0 Å². The van der Waals surface area contributed by atoms with Gasteiger partial charge in [-0.3, -0.25) is 14.3 Å². The van der Waals surface area contributed by atoms with Crippen LogP contribution in [0.15, 0.2) is 85.5 Å². The summed E-state index contributed by atoms with van der Waals surface area (Å²) in [6.45, 7) is 1.90. The predicted molar refractivity (Wildman–Crippen MR) is 151 cm³/mol. The van der Waals surface area contributed by atoms with E-state index in [9.17, 15) is 4.79 Å². The number of fused-ring (bicyclic) bond motifs is 2. The molecule has 0 bridgehead atoms. The first-order valence-electron chi connectivity index (χ1n) is 13.0. The van der Waals surface area contributed by atoms with Crippen molar-refractivity contribution < 1.29 is 4.79 Å². The molecule has 40 heavy (non-hydrogen) atoms. The number of aromatic nitrogens is 7. The van der Waals surface area contributed by atoms with Crippen LogP contribution in [0.4, 0.5) is 5.82 Å². The molecule has 5 aromatic heterocycles. The molecule has 6 aromatic rings. The third-order valence-corrected chi connectivity index (χ3v) is 7.25. The van der Waals surface area contributed by atoms with Gasteiger partial charge in [0, 0.05) is 36.2 Å². The highest BCUT2D eigenvalue weighted by Crippen LogP contribution is 2.36. The predicted octanol–water partition coefficient (Wildman–Crippen LogP) is 4.37. The number of imidazole rings is 1. The average Bonchev–Trinajstić information content (AvgIpc) is 3.72. The Morgan fingerprint density at radius 2 is 1.95 bits per heavy atom. The number of nitrogen functional groups attached to an aromatic ring is 1. The fraction of sp³-hybridized carbons (Fsp3) is 0.133. The van der Waals surface area contributed by atoms with Crippen LogP contribution in [0.3, 0.4) is 0 Å². The van der Waals surface area contributed by atoms with Gasteiger partial charge in [0.05, 0.1) is 17.2 Å². The smallest absolute Gasteiger partial charge is 0.253 e. The number of hydrogen-bond acceptors (Lipinski definition) is 7. The van der Waals surface area contributed by atoms with E-state index < -0.39 is 0 Å². The van der Waals surface area contributed by atoms with Gasteiger partial charge in [-0.1, -0.05) is 6.07 Å². The molecule has 0 radical (unpaired) electrons. The molecule has 0 aliphatic heterocycles. The number of amides is 1. The van der Waals surface area contributed by atoms with E-state index in [-0.39, 0.29) is 11.9 Å². The van der Waals surface area contributed by atoms with Gasteiger partial charge in [-0.25, -0.2) is 19.6 Å². The maximum atomic E-state index is 12.9. The highest BCUT2D eigenvalue weighted by atomic mass is 16.1. The van der Waals surface area contributed by atoms with E-state index in [4.69, 9.17) is 15.7 Å². The van der Waals surface area contributed by atoms with Crippen molar-refractivity contribution in [3.8, 4) is 22.9 Å². The lowest BCUT2D eigenvalue weighted by Gasteiger charge is -2.16. The Kier molecular flexibility index (Phi) is 5.59. The molecule has 0 saturated carbocycles. The first kappa shape index (κ1) is 23.7. The van der Waals surface area contributed by atoms with Gasteiger partial charge in [0.2, 0.25) is 0 Å². The molecule has 10 heteroatoms. The number of nitrogens with zero attached hydrogens (tertiary/aromatic N) is 7. The Morgan fingerprint density at radius 1 is 1.02 bits per heavy atom. The van der Waals surface area contributed by atoms with E-state index in [2.05, 4.69) is 32.5 Å². The second kappa shape index (κ2) is 9.42. The summed E-state index contributed by atoms with van der Waals surface area (Å²) in [6, 6.07) is 19.3. The molecule has 5 heterocycles. The van der Waals surface area contributed by atoms with Crippen molar-refractivity contribution in [3.05, 3.63) is 108 Å². The Bertz CT molecular complexity index is 1870. The quantitative estimate of drug-likeness (QED) is 0.340. The van der Waals surface area contributed by atoms with Gasteiger partial charge < -0.3 is 11.1 Å². The number of pyridine rings is 3. The minimum Gasteiger partial charge on any atom is -0.383 e. The molecular formula is C30H25N9O. The molecule has 0 fully saturated rings. The van der Waals surface area contributed by atoms with E-state index in [1.807, 2.05) is 60.2 Å². The van der Waals surface area contributed by atoms with E-state index in [1.54, 1.807) is 29.3 Å². The fourth-order valence-electron chi connectivity index (χ4n) is 5.25. The zero-order valence-electron chi connectivity index (χ0n) is 21.7. The van der Waals surface area contributed by atoms with Crippen molar-refractivity contribution in [1.29, 1.82) is 0 Å². The van der Waals surface area contributed by atoms with Crippen molar-refractivity contribution in [2.45, 2.75) is 25.8 Å². The van der Waals surface area contributed by atoms with Gasteiger partial charge in [0.15, 0.2) is 17.3 Å². The van der Waals surface area contributed by atoms with Crippen LogP contribution in [0.25, 0.3) is 34.1 Å². The lowest BCUT2D eigenvalue weighted by atomic mass is 10.1. The number of carbonyl (C=O) groups excluding carboxylic acids is 1. The summed E-state index contributed by atoms with van der Waals surface area (Å²) >= 11 is 0. The maximum Gasteiger partial charge on any atom is 0.253 e. The van der Waals surface area contributed by atoms with Crippen LogP contribution in [0.2, 0.25) is 0 Å².